The average Bonchev–Trinajstić information content (AvgIpc) is 3.05. The molecule has 0 aliphatic carbocycles. The highest BCUT2D eigenvalue weighted by Gasteiger charge is 2.22. The number of carbonyl (C=O) groups is 3. The fourth-order valence-corrected chi connectivity index (χ4v) is 2.54. The third kappa shape index (κ3) is 4.39. The number of amides is 3. The number of benzene rings is 1. The van der Waals surface area contributed by atoms with Gasteiger partial charge in [0.25, 0.3) is 5.91 Å². The van der Waals surface area contributed by atoms with Gasteiger partial charge in [0.05, 0.1) is 0 Å². The van der Waals surface area contributed by atoms with Gasteiger partial charge in [0.15, 0.2) is 11.8 Å². The Morgan fingerprint density at radius 2 is 1.88 bits per heavy atom. The Bertz CT molecular complexity index is 755. The first-order valence-electron chi connectivity index (χ1n) is 7.17. The summed E-state index contributed by atoms with van der Waals surface area (Å²) in [5.41, 5.74) is 2.15. The second-order valence-electron chi connectivity index (χ2n) is 5.02. The molecule has 2 N–H and O–H groups in total. The third-order valence-corrected chi connectivity index (χ3v) is 4.02. The standard InChI is InChI=1S/C16H17N3O4S/c1-9-4-6-11(7-5-9)14-18-12(8-24-14)15(21)23-10(2)13(20)19-16(22)17-3/h4-8,10H,1-3H3,(H2,17,19,20,22)/t10-/m0/s1. The summed E-state index contributed by atoms with van der Waals surface area (Å²) in [7, 11) is 1.38. The Hall–Kier alpha value is -2.74. The SMILES string of the molecule is CNC(=O)NC(=O)[C@H](C)OC(=O)c1csc(-c2ccc(C)cc2)n1. The largest absolute Gasteiger partial charge is 0.448 e. The summed E-state index contributed by atoms with van der Waals surface area (Å²) in [6, 6.07) is 7.09. The number of rotatable bonds is 4. The maximum absolute atomic E-state index is 12.1. The number of hydrogen-bond acceptors (Lipinski definition) is 6. The summed E-state index contributed by atoms with van der Waals surface area (Å²) in [5, 5.41) is 6.53. The molecule has 0 fully saturated rings. The van der Waals surface area contributed by atoms with Crippen LogP contribution in [0.5, 0.6) is 0 Å². The minimum atomic E-state index is -1.11. The van der Waals surface area contributed by atoms with Gasteiger partial charge in [0, 0.05) is 18.0 Å². The summed E-state index contributed by atoms with van der Waals surface area (Å²) in [6.07, 6.45) is -1.11. The molecule has 0 aliphatic heterocycles. The highest BCUT2D eigenvalue weighted by molar-refractivity contribution is 7.13. The van der Waals surface area contributed by atoms with Crippen molar-refractivity contribution in [2.75, 3.05) is 7.05 Å². The zero-order valence-electron chi connectivity index (χ0n) is 13.5. The van der Waals surface area contributed by atoms with Crippen molar-refractivity contribution >= 4 is 29.2 Å². The van der Waals surface area contributed by atoms with Gasteiger partial charge >= 0.3 is 12.0 Å². The number of urea groups is 1. The Balaban J connectivity index is 2.02. The molecule has 1 aromatic carbocycles. The summed E-state index contributed by atoms with van der Waals surface area (Å²) < 4.78 is 5.03. The lowest BCUT2D eigenvalue weighted by molar-refractivity contribution is -0.127. The van der Waals surface area contributed by atoms with Crippen LogP contribution in [0.4, 0.5) is 4.79 Å². The van der Waals surface area contributed by atoms with Crippen LogP contribution in [0.15, 0.2) is 29.6 Å². The molecule has 0 spiro atoms. The highest BCUT2D eigenvalue weighted by Crippen LogP contribution is 2.24. The van der Waals surface area contributed by atoms with Gasteiger partial charge in [-0.1, -0.05) is 29.8 Å². The van der Waals surface area contributed by atoms with Gasteiger partial charge in [-0.2, -0.15) is 0 Å². The molecule has 3 amide bonds. The van der Waals surface area contributed by atoms with Gasteiger partial charge in [0.2, 0.25) is 0 Å². The van der Waals surface area contributed by atoms with Gasteiger partial charge in [-0.3, -0.25) is 10.1 Å². The Morgan fingerprint density at radius 3 is 2.50 bits per heavy atom. The summed E-state index contributed by atoms with van der Waals surface area (Å²) in [6.45, 7) is 3.36. The van der Waals surface area contributed by atoms with Gasteiger partial charge in [0.1, 0.15) is 5.01 Å². The molecule has 8 heteroatoms. The molecule has 7 nitrogen and oxygen atoms in total. The third-order valence-electron chi connectivity index (χ3n) is 3.13. The van der Waals surface area contributed by atoms with Gasteiger partial charge in [-0.25, -0.2) is 14.6 Å². The molecular weight excluding hydrogens is 330 g/mol. The highest BCUT2D eigenvalue weighted by atomic mass is 32.1. The predicted octanol–water partition coefficient (Wildman–Crippen LogP) is 2.12. The van der Waals surface area contributed by atoms with Crippen LogP contribution in [-0.2, 0) is 9.53 Å². The van der Waals surface area contributed by atoms with E-state index in [9.17, 15) is 14.4 Å². The van der Waals surface area contributed by atoms with Crippen LogP contribution in [0.1, 0.15) is 23.0 Å². The van der Waals surface area contributed by atoms with Crippen LogP contribution >= 0.6 is 11.3 Å². The number of aryl methyl sites for hydroxylation is 1. The maximum atomic E-state index is 12.1. The maximum Gasteiger partial charge on any atom is 0.358 e. The fraction of sp³-hybridized carbons (Fsp3) is 0.250. The molecule has 1 aromatic heterocycles. The van der Waals surface area contributed by atoms with Crippen LogP contribution in [0.3, 0.4) is 0 Å². The minimum absolute atomic E-state index is 0.121. The van der Waals surface area contributed by atoms with Crippen molar-refractivity contribution in [1.82, 2.24) is 15.6 Å². The Kier molecular flexibility index (Phi) is 5.64. The van der Waals surface area contributed by atoms with Crippen molar-refractivity contribution in [3.8, 4) is 10.6 Å². The van der Waals surface area contributed by atoms with Crippen molar-refractivity contribution < 1.29 is 19.1 Å². The van der Waals surface area contributed by atoms with E-state index in [4.69, 9.17) is 4.74 Å². The van der Waals surface area contributed by atoms with Crippen LogP contribution in [0, 0.1) is 6.92 Å². The second-order valence-corrected chi connectivity index (χ2v) is 5.88. The van der Waals surface area contributed by atoms with E-state index in [-0.39, 0.29) is 5.69 Å². The molecule has 0 bridgehead atoms. The fourth-order valence-electron chi connectivity index (χ4n) is 1.75. The van der Waals surface area contributed by atoms with Crippen molar-refractivity contribution in [2.24, 2.45) is 0 Å². The number of ether oxygens (including phenoxy) is 1. The normalized spacial score (nSPS) is 11.5. The lowest BCUT2D eigenvalue weighted by Crippen LogP contribution is -2.43. The monoisotopic (exact) mass is 347 g/mol. The van der Waals surface area contributed by atoms with E-state index in [1.54, 1.807) is 5.38 Å². The van der Waals surface area contributed by atoms with Crippen molar-refractivity contribution in [3.63, 3.8) is 0 Å². The molecule has 0 unspecified atom stereocenters. The van der Waals surface area contributed by atoms with Gasteiger partial charge < -0.3 is 10.1 Å². The molecular formula is C16H17N3O4S. The number of esters is 1. The molecule has 0 aliphatic rings. The van der Waals surface area contributed by atoms with Crippen LogP contribution in [-0.4, -0.2) is 36.0 Å². The van der Waals surface area contributed by atoms with E-state index < -0.39 is 24.0 Å². The quantitative estimate of drug-likeness (QED) is 0.826. The molecule has 2 rings (SSSR count). The minimum Gasteiger partial charge on any atom is -0.448 e. The zero-order valence-corrected chi connectivity index (χ0v) is 14.3. The first-order chi connectivity index (χ1) is 11.4. The Labute approximate surface area is 143 Å². The molecule has 0 saturated carbocycles. The van der Waals surface area contributed by atoms with Gasteiger partial charge in [-0.05, 0) is 13.8 Å². The Morgan fingerprint density at radius 1 is 1.21 bits per heavy atom. The topological polar surface area (TPSA) is 97.4 Å². The molecule has 126 valence electrons. The number of thiazole rings is 1. The number of imide groups is 1. The second kappa shape index (κ2) is 7.69. The molecule has 24 heavy (non-hydrogen) atoms. The van der Waals surface area contributed by atoms with Crippen LogP contribution < -0.4 is 10.6 Å². The van der Waals surface area contributed by atoms with E-state index in [2.05, 4.69) is 10.3 Å². The number of hydrogen-bond donors (Lipinski definition) is 2. The molecule has 0 radical (unpaired) electrons. The molecule has 1 atom stereocenters. The lowest BCUT2D eigenvalue weighted by Gasteiger charge is -2.11. The molecule has 2 aromatic rings. The van der Waals surface area contributed by atoms with E-state index in [0.717, 1.165) is 11.1 Å². The lowest BCUT2D eigenvalue weighted by atomic mass is 10.2. The zero-order chi connectivity index (χ0) is 17.7. The van der Waals surface area contributed by atoms with E-state index in [1.165, 1.54) is 25.3 Å². The number of carbonyl (C=O) groups excluding carboxylic acids is 3. The smallest absolute Gasteiger partial charge is 0.358 e. The van der Waals surface area contributed by atoms with Crippen molar-refractivity contribution in [2.45, 2.75) is 20.0 Å². The first kappa shape index (κ1) is 17.6. The number of nitrogens with one attached hydrogen (secondary N) is 2. The van der Waals surface area contributed by atoms with Crippen molar-refractivity contribution in [3.05, 3.63) is 40.9 Å². The average molecular weight is 347 g/mol. The summed E-state index contributed by atoms with van der Waals surface area (Å²) >= 11 is 1.31. The van der Waals surface area contributed by atoms with E-state index in [1.807, 2.05) is 36.5 Å². The summed E-state index contributed by atoms with van der Waals surface area (Å²) in [5.74, 6) is -1.43. The molecule has 0 saturated heterocycles. The van der Waals surface area contributed by atoms with Crippen LogP contribution in [0.25, 0.3) is 10.6 Å². The van der Waals surface area contributed by atoms with E-state index in [0.29, 0.717) is 5.01 Å². The first-order valence-corrected chi connectivity index (χ1v) is 8.04. The number of nitrogens with zero attached hydrogens (tertiary/aromatic N) is 1. The van der Waals surface area contributed by atoms with E-state index >= 15 is 0 Å². The van der Waals surface area contributed by atoms with Gasteiger partial charge in [-0.15, -0.1) is 11.3 Å². The number of aromatic nitrogens is 1. The van der Waals surface area contributed by atoms with Crippen molar-refractivity contribution in [1.29, 1.82) is 0 Å². The summed E-state index contributed by atoms with van der Waals surface area (Å²) in [4.78, 5) is 39.0. The molecule has 1 heterocycles. The van der Waals surface area contributed by atoms with Crippen LogP contribution in [0.2, 0.25) is 0 Å². The predicted molar refractivity (Wildman–Crippen MR) is 89.8 cm³/mol.